The summed E-state index contributed by atoms with van der Waals surface area (Å²) in [6.45, 7) is 1.98. The van der Waals surface area contributed by atoms with Crippen LogP contribution in [0.2, 0.25) is 0 Å². The minimum absolute atomic E-state index is 0.298. The third-order valence-corrected chi connectivity index (χ3v) is 6.11. The number of carbonyl (C=O) groups is 3. The van der Waals surface area contributed by atoms with Crippen molar-refractivity contribution in [1.82, 2.24) is 4.98 Å². The van der Waals surface area contributed by atoms with Gasteiger partial charge in [0.15, 0.2) is 5.58 Å². The van der Waals surface area contributed by atoms with Gasteiger partial charge in [0.2, 0.25) is 5.89 Å². The number of aryl methyl sites for hydroxylation is 1. The monoisotopic (exact) mass is 473 g/mol. The predicted octanol–water partition coefficient (Wildman–Crippen LogP) is 5.86. The Kier molecular flexibility index (Phi) is 4.97. The van der Waals surface area contributed by atoms with Gasteiger partial charge >= 0.3 is 0 Å². The maximum absolute atomic E-state index is 13.2. The lowest BCUT2D eigenvalue weighted by atomic mass is 10.1. The largest absolute Gasteiger partial charge is 0.436 e. The fraction of sp³-hybridized carbons (Fsp3) is 0.0345. The minimum Gasteiger partial charge on any atom is -0.436 e. The van der Waals surface area contributed by atoms with Crippen LogP contribution in [0.25, 0.3) is 22.6 Å². The lowest BCUT2D eigenvalue weighted by molar-refractivity contribution is 0.0924. The Balaban J connectivity index is 1.30. The molecule has 7 heteroatoms. The number of hydrogen-bond donors (Lipinski definition) is 1. The number of imide groups is 1. The van der Waals surface area contributed by atoms with Gasteiger partial charge in [0.1, 0.15) is 5.52 Å². The van der Waals surface area contributed by atoms with Crippen molar-refractivity contribution in [3.63, 3.8) is 0 Å². The van der Waals surface area contributed by atoms with Crippen molar-refractivity contribution >= 4 is 40.2 Å². The highest BCUT2D eigenvalue weighted by atomic mass is 16.3. The van der Waals surface area contributed by atoms with E-state index in [9.17, 15) is 14.4 Å². The molecule has 1 N–H and O–H groups in total. The molecule has 2 heterocycles. The van der Waals surface area contributed by atoms with E-state index in [2.05, 4.69) is 10.3 Å². The number of hydrogen-bond acceptors (Lipinski definition) is 5. The minimum atomic E-state index is -0.412. The SMILES string of the molecule is Cc1ccc2oc(-c3ccccc3NC(=O)c3cccc(N4C(=O)c5ccccc5C4=O)c3)nc2c1. The first-order valence-electron chi connectivity index (χ1n) is 11.4. The van der Waals surface area contributed by atoms with Crippen molar-refractivity contribution in [1.29, 1.82) is 0 Å². The Bertz CT molecular complexity index is 1670. The van der Waals surface area contributed by atoms with E-state index in [4.69, 9.17) is 4.42 Å². The van der Waals surface area contributed by atoms with Gasteiger partial charge in [0, 0.05) is 5.56 Å². The third kappa shape index (κ3) is 3.54. The van der Waals surface area contributed by atoms with Gasteiger partial charge in [-0.05, 0) is 67.1 Å². The van der Waals surface area contributed by atoms with Crippen LogP contribution in [0.3, 0.4) is 0 Å². The molecule has 4 aromatic carbocycles. The molecule has 6 rings (SSSR count). The summed E-state index contributed by atoms with van der Waals surface area (Å²) >= 11 is 0. The van der Waals surface area contributed by atoms with E-state index in [0.29, 0.717) is 45.1 Å². The molecular formula is C29H19N3O4. The second-order valence-corrected chi connectivity index (χ2v) is 8.53. The smallest absolute Gasteiger partial charge is 0.266 e. The highest BCUT2D eigenvalue weighted by Crippen LogP contribution is 2.32. The first-order chi connectivity index (χ1) is 17.5. The molecule has 0 bridgehead atoms. The van der Waals surface area contributed by atoms with Crippen molar-refractivity contribution in [2.75, 3.05) is 10.2 Å². The molecule has 174 valence electrons. The maximum Gasteiger partial charge on any atom is 0.266 e. The molecule has 7 nitrogen and oxygen atoms in total. The molecule has 0 aliphatic carbocycles. The number of aromatic nitrogens is 1. The molecule has 5 aromatic rings. The molecule has 0 unspecified atom stereocenters. The quantitative estimate of drug-likeness (QED) is 0.330. The van der Waals surface area contributed by atoms with Crippen molar-refractivity contribution < 1.29 is 18.8 Å². The Morgan fingerprint density at radius 1 is 0.806 bits per heavy atom. The predicted molar refractivity (Wildman–Crippen MR) is 136 cm³/mol. The van der Waals surface area contributed by atoms with Crippen molar-refractivity contribution in [2.24, 2.45) is 0 Å². The van der Waals surface area contributed by atoms with E-state index in [0.717, 1.165) is 16.0 Å². The van der Waals surface area contributed by atoms with Crippen LogP contribution < -0.4 is 10.2 Å². The van der Waals surface area contributed by atoms with Crippen LogP contribution in [0.15, 0.2) is 95.4 Å². The van der Waals surface area contributed by atoms with Gasteiger partial charge in [-0.15, -0.1) is 0 Å². The zero-order chi connectivity index (χ0) is 24.8. The van der Waals surface area contributed by atoms with Gasteiger partial charge in [0.25, 0.3) is 17.7 Å². The summed E-state index contributed by atoms with van der Waals surface area (Å²) in [5, 5.41) is 2.91. The number of amides is 3. The topological polar surface area (TPSA) is 92.5 Å². The number of benzene rings is 4. The molecule has 0 fully saturated rings. The first kappa shape index (κ1) is 21.5. The van der Waals surface area contributed by atoms with Crippen LogP contribution in [0.5, 0.6) is 0 Å². The zero-order valence-corrected chi connectivity index (χ0v) is 19.2. The molecule has 36 heavy (non-hydrogen) atoms. The number of para-hydroxylation sites is 1. The third-order valence-electron chi connectivity index (χ3n) is 6.11. The number of anilines is 2. The van der Waals surface area contributed by atoms with E-state index in [-0.39, 0.29) is 0 Å². The Morgan fingerprint density at radius 2 is 1.50 bits per heavy atom. The zero-order valence-electron chi connectivity index (χ0n) is 19.2. The van der Waals surface area contributed by atoms with E-state index in [1.807, 2.05) is 37.3 Å². The number of nitrogens with zero attached hydrogens (tertiary/aromatic N) is 2. The fourth-order valence-electron chi connectivity index (χ4n) is 4.34. The van der Waals surface area contributed by atoms with Crippen molar-refractivity contribution in [3.05, 3.63) is 113 Å². The number of nitrogens with one attached hydrogen (secondary N) is 1. The fourth-order valence-corrected chi connectivity index (χ4v) is 4.34. The highest BCUT2D eigenvalue weighted by Gasteiger charge is 2.36. The van der Waals surface area contributed by atoms with Crippen LogP contribution >= 0.6 is 0 Å². The highest BCUT2D eigenvalue weighted by molar-refractivity contribution is 6.34. The molecule has 0 saturated heterocycles. The molecule has 0 spiro atoms. The molecule has 1 aliphatic rings. The van der Waals surface area contributed by atoms with Gasteiger partial charge in [-0.3, -0.25) is 14.4 Å². The average molecular weight is 473 g/mol. The van der Waals surface area contributed by atoms with Gasteiger partial charge in [-0.1, -0.05) is 36.4 Å². The Morgan fingerprint density at radius 3 is 2.25 bits per heavy atom. The summed E-state index contributed by atoms with van der Waals surface area (Å²) in [4.78, 5) is 44.6. The summed E-state index contributed by atoms with van der Waals surface area (Å²) in [6, 6.07) is 26.1. The molecular weight excluding hydrogens is 454 g/mol. The molecule has 0 radical (unpaired) electrons. The number of rotatable bonds is 4. The van der Waals surface area contributed by atoms with Gasteiger partial charge in [0.05, 0.1) is 28.1 Å². The number of carbonyl (C=O) groups excluding carboxylic acids is 3. The summed E-state index contributed by atoms with van der Waals surface area (Å²) in [7, 11) is 0. The molecule has 1 aromatic heterocycles. The summed E-state index contributed by atoms with van der Waals surface area (Å²) < 4.78 is 5.93. The summed E-state index contributed by atoms with van der Waals surface area (Å²) in [5.74, 6) is -0.825. The first-order valence-corrected chi connectivity index (χ1v) is 11.4. The van der Waals surface area contributed by atoms with E-state index < -0.39 is 17.7 Å². The van der Waals surface area contributed by atoms with Crippen molar-refractivity contribution in [2.45, 2.75) is 6.92 Å². The van der Waals surface area contributed by atoms with Gasteiger partial charge in [-0.2, -0.15) is 0 Å². The molecule has 1 aliphatic heterocycles. The maximum atomic E-state index is 13.2. The van der Waals surface area contributed by atoms with E-state index in [1.54, 1.807) is 54.6 Å². The van der Waals surface area contributed by atoms with Gasteiger partial charge < -0.3 is 9.73 Å². The average Bonchev–Trinajstić information content (AvgIpc) is 3.42. The second kappa shape index (κ2) is 8.32. The Hall–Kier alpha value is -5.04. The van der Waals surface area contributed by atoms with E-state index in [1.165, 1.54) is 6.07 Å². The van der Waals surface area contributed by atoms with Crippen LogP contribution in [-0.2, 0) is 0 Å². The molecule has 0 saturated carbocycles. The number of oxazole rings is 1. The van der Waals surface area contributed by atoms with Gasteiger partial charge in [-0.25, -0.2) is 9.88 Å². The molecule has 0 atom stereocenters. The van der Waals surface area contributed by atoms with Crippen molar-refractivity contribution in [3.8, 4) is 11.5 Å². The lowest BCUT2D eigenvalue weighted by Gasteiger charge is -2.15. The summed E-state index contributed by atoms with van der Waals surface area (Å²) in [5.41, 5.74) is 4.95. The standard InChI is InChI=1S/C29H19N3O4/c1-17-13-14-25-24(15-17)31-27(36-25)22-11-4-5-12-23(22)30-26(33)18-7-6-8-19(16-18)32-28(34)20-9-2-3-10-21(20)29(32)35/h2-16H,1H3,(H,30,33). The van der Waals surface area contributed by atoms with Crippen LogP contribution in [0.1, 0.15) is 36.6 Å². The second-order valence-electron chi connectivity index (χ2n) is 8.53. The van der Waals surface area contributed by atoms with E-state index >= 15 is 0 Å². The molecule has 3 amide bonds. The summed E-state index contributed by atoms with van der Waals surface area (Å²) in [6.07, 6.45) is 0. The van der Waals surface area contributed by atoms with Crippen LogP contribution in [-0.4, -0.2) is 22.7 Å². The van der Waals surface area contributed by atoms with Crippen LogP contribution in [0.4, 0.5) is 11.4 Å². The van der Waals surface area contributed by atoms with Crippen LogP contribution in [0, 0.1) is 6.92 Å². The lowest BCUT2D eigenvalue weighted by Crippen LogP contribution is -2.29. The Labute approximate surface area is 206 Å². The normalized spacial score (nSPS) is 12.8. The number of fused-ring (bicyclic) bond motifs is 2.